The van der Waals surface area contributed by atoms with Gasteiger partial charge in [-0.15, -0.1) is 0 Å². The number of aromatic nitrogens is 1. The summed E-state index contributed by atoms with van der Waals surface area (Å²) >= 11 is 0. The molecule has 17 heavy (non-hydrogen) atoms. The summed E-state index contributed by atoms with van der Waals surface area (Å²) < 4.78 is 0. The predicted octanol–water partition coefficient (Wildman–Crippen LogP) is -0.617. The van der Waals surface area contributed by atoms with Gasteiger partial charge in [0.25, 0.3) is 5.91 Å². The molecule has 2 heterocycles. The molecule has 0 radical (unpaired) electrons. The number of hydrogen-bond acceptors (Lipinski definition) is 3. The average molecular weight is 235 g/mol. The molecule has 3 N–H and O–H groups in total. The van der Waals surface area contributed by atoms with E-state index in [4.69, 9.17) is 0 Å². The number of pyridine rings is 1. The lowest BCUT2D eigenvalue weighted by atomic mass is 10.1. The summed E-state index contributed by atoms with van der Waals surface area (Å²) in [5.41, 5.74) is 0.160. The van der Waals surface area contributed by atoms with Crippen molar-refractivity contribution in [2.45, 2.75) is 18.9 Å². The zero-order chi connectivity index (χ0) is 12.3. The van der Waals surface area contributed by atoms with E-state index in [0.29, 0.717) is 24.9 Å². The second-order valence-electron chi connectivity index (χ2n) is 3.95. The summed E-state index contributed by atoms with van der Waals surface area (Å²) in [4.78, 5) is 36.0. The van der Waals surface area contributed by atoms with Crippen LogP contribution in [0.1, 0.15) is 23.2 Å². The highest BCUT2D eigenvalue weighted by atomic mass is 16.2. The molecule has 1 aromatic rings. The summed E-state index contributed by atoms with van der Waals surface area (Å²) in [5.74, 6) is -0.234. The Bertz CT molecular complexity index is 464. The van der Waals surface area contributed by atoms with Crippen LogP contribution < -0.4 is 16.2 Å². The molecule has 0 aromatic carbocycles. The Hall–Kier alpha value is -2.11. The van der Waals surface area contributed by atoms with Crippen LogP contribution in [0.2, 0.25) is 0 Å². The minimum absolute atomic E-state index is 0.0135. The van der Waals surface area contributed by atoms with Crippen molar-refractivity contribution in [2.75, 3.05) is 6.54 Å². The topological polar surface area (TPSA) is 91.1 Å². The maximum absolute atomic E-state index is 11.8. The second kappa shape index (κ2) is 4.82. The van der Waals surface area contributed by atoms with Crippen LogP contribution in [0.3, 0.4) is 0 Å². The fourth-order valence-electron chi connectivity index (χ4n) is 1.68. The predicted molar refractivity (Wildman–Crippen MR) is 60.6 cm³/mol. The monoisotopic (exact) mass is 235 g/mol. The van der Waals surface area contributed by atoms with Crippen molar-refractivity contribution in [3.8, 4) is 0 Å². The Morgan fingerprint density at radius 3 is 2.76 bits per heavy atom. The lowest BCUT2D eigenvalue weighted by Crippen LogP contribution is -2.47. The lowest BCUT2D eigenvalue weighted by Gasteiger charge is -2.23. The van der Waals surface area contributed by atoms with E-state index in [1.54, 1.807) is 0 Å². The van der Waals surface area contributed by atoms with Gasteiger partial charge in [0.1, 0.15) is 0 Å². The quantitative estimate of drug-likeness (QED) is 0.638. The molecule has 0 bridgehead atoms. The first-order chi connectivity index (χ1) is 8.15. The first-order valence-electron chi connectivity index (χ1n) is 5.41. The molecule has 1 atom stereocenters. The number of hydrogen-bond donors (Lipinski definition) is 3. The SMILES string of the molecule is O=C1CCC(NC(=O)c2ccc(=O)[nH]c2)CN1. The van der Waals surface area contributed by atoms with Gasteiger partial charge in [-0.2, -0.15) is 0 Å². The van der Waals surface area contributed by atoms with Crippen molar-refractivity contribution in [3.05, 3.63) is 34.2 Å². The number of carbonyl (C=O) groups is 2. The summed E-state index contributed by atoms with van der Waals surface area (Å²) in [5, 5.41) is 5.49. The van der Waals surface area contributed by atoms with Crippen molar-refractivity contribution < 1.29 is 9.59 Å². The van der Waals surface area contributed by atoms with Crippen molar-refractivity contribution >= 4 is 11.8 Å². The Balaban J connectivity index is 1.95. The number of rotatable bonds is 2. The first-order valence-corrected chi connectivity index (χ1v) is 5.41. The number of aromatic amines is 1. The molecule has 1 saturated heterocycles. The molecule has 6 heteroatoms. The average Bonchev–Trinajstić information content (AvgIpc) is 2.33. The van der Waals surface area contributed by atoms with Gasteiger partial charge in [-0.1, -0.05) is 0 Å². The molecule has 0 spiro atoms. The number of H-pyrrole nitrogens is 1. The van der Waals surface area contributed by atoms with Gasteiger partial charge >= 0.3 is 0 Å². The Kier molecular flexibility index (Phi) is 3.22. The van der Waals surface area contributed by atoms with E-state index in [1.807, 2.05) is 0 Å². The van der Waals surface area contributed by atoms with Crippen LogP contribution in [0.15, 0.2) is 23.1 Å². The molecule has 2 rings (SSSR count). The van der Waals surface area contributed by atoms with Gasteiger partial charge in [0, 0.05) is 31.3 Å². The van der Waals surface area contributed by atoms with Crippen molar-refractivity contribution in [1.29, 1.82) is 0 Å². The van der Waals surface area contributed by atoms with Crippen molar-refractivity contribution in [3.63, 3.8) is 0 Å². The molecule has 1 aliphatic rings. The summed E-state index contributed by atoms with van der Waals surface area (Å²) in [6, 6.07) is 2.72. The molecule has 0 aliphatic carbocycles. The van der Waals surface area contributed by atoms with E-state index in [0.717, 1.165) is 0 Å². The lowest BCUT2D eigenvalue weighted by molar-refractivity contribution is -0.122. The van der Waals surface area contributed by atoms with E-state index in [1.165, 1.54) is 18.3 Å². The minimum Gasteiger partial charge on any atom is -0.354 e. The van der Waals surface area contributed by atoms with Crippen LogP contribution in [0.25, 0.3) is 0 Å². The molecule has 2 amide bonds. The van der Waals surface area contributed by atoms with E-state index < -0.39 is 0 Å². The van der Waals surface area contributed by atoms with Crippen LogP contribution in [-0.2, 0) is 4.79 Å². The van der Waals surface area contributed by atoms with Gasteiger partial charge < -0.3 is 15.6 Å². The number of carbonyl (C=O) groups excluding carboxylic acids is 2. The first kappa shape index (κ1) is 11.4. The standard InChI is InChI=1S/C11H13N3O3/c15-9-3-1-7(5-12-9)11(17)14-8-2-4-10(16)13-6-8/h1,3,5,8H,2,4,6H2,(H,12,15)(H,13,16)(H,14,17). The minimum atomic E-state index is -0.248. The number of piperidine rings is 1. The van der Waals surface area contributed by atoms with E-state index in [9.17, 15) is 14.4 Å². The van der Waals surface area contributed by atoms with Gasteiger partial charge in [-0.25, -0.2) is 0 Å². The third kappa shape index (κ3) is 2.93. The van der Waals surface area contributed by atoms with Gasteiger partial charge in [0.2, 0.25) is 11.5 Å². The normalized spacial score (nSPS) is 19.5. The number of nitrogens with one attached hydrogen (secondary N) is 3. The molecular formula is C11H13N3O3. The van der Waals surface area contributed by atoms with Gasteiger partial charge in [-0.05, 0) is 12.5 Å². The zero-order valence-corrected chi connectivity index (χ0v) is 9.16. The van der Waals surface area contributed by atoms with Crippen LogP contribution in [0.5, 0.6) is 0 Å². The van der Waals surface area contributed by atoms with Crippen LogP contribution in [0, 0.1) is 0 Å². The molecule has 1 aromatic heterocycles. The third-order valence-corrected chi connectivity index (χ3v) is 2.65. The maximum Gasteiger partial charge on any atom is 0.253 e. The highest BCUT2D eigenvalue weighted by Gasteiger charge is 2.19. The number of amides is 2. The maximum atomic E-state index is 11.8. The van der Waals surface area contributed by atoms with Gasteiger partial charge in [0.15, 0.2) is 0 Å². The highest BCUT2D eigenvalue weighted by Crippen LogP contribution is 2.04. The largest absolute Gasteiger partial charge is 0.354 e. The second-order valence-corrected chi connectivity index (χ2v) is 3.95. The van der Waals surface area contributed by atoms with Gasteiger partial charge in [0.05, 0.1) is 5.56 Å². The summed E-state index contributed by atoms with van der Waals surface area (Å²) in [6.07, 6.45) is 2.44. The molecule has 1 aliphatic heterocycles. The van der Waals surface area contributed by atoms with Crippen LogP contribution in [-0.4, -0.2) is 29.4 Å². The summed E-state index contributed by atoms with van der Waals surface area (Å²) in [6.45, 7) is 0.452. The van der Waals surface area contributed by atoms with Crippen molar-refractivity contribution in [2.24, 2.45) is 0 Å². The Morgan fingerprint density at radius 1 is 1.35 bits per heavy atom. The Morgan fingerprint density at radius 2 is 2.18 bits per heavy atom. The molecule has 90 valence electrons. The zero-order valence-electron chi connectivity index (χ0n) is 9.16. The molecular weight excluding hydrogens is 222 g/mol. The van der Waals surface area contributed by atoms with Crippen LogP contribution >= 0.6 is 0 Å². The smallest absolute Gasteiger partial charge is 0.253 e. The van der Waals surface area contributed by atoms with E-state index in [-0.39, 0.29) is 23.4 Å². The third-order valence-electron chi connectivity index (χ3n) is 2.65. The molecule has 6 nitrogen and oxygen atoms in total. The Labute approximate surface area is 97.4 Å². The molecule has 0 saturated carbocycles. The van der Waals surface area contributed by atoms with Crippen LogP contribution in [0.4, 0.5) is 0 Å². The molecule has 1 fully saturated rings. The molecule has 1 unspecified atom stereocenters. The fourth-order valence-corrected chi connectivity index (χ4v) is 1.68. The highest BCUT2D eigenvalue weighted by molar-refractivity contribution is 5.94. The van der Waals surface area contributed by atoms with E-state index >= 15 is 0 Å². The van der Waals surface area contributed by atoms with E-state index in [2.05, 4.69) is 15.6 Å². The van der Waals surface area contributed by atoms with Gasteiger partial charge in [-0.3, -0.25) is 14.4 Å². The van der Waals surface area contributed by atoms with Crippen molar-refractivity contribution in [1.82, 2.24) is 15.6 Å². The summed E-state index contributed by atoms with van der Waals surface area (Å²) in [7, 11) is 0. The fraction of sp³-hybridized carbons (Fsp3) is 0.364.